The SMILES string of the molecule is CC(=O)OC1CC[C@H]2[C@@H]3CCC4=CC(=O)NCC[C@]4(C)[C@H]3CC[C@]12C. The first-order chi connectivity index (χ1) is 11.8. The fourth-order valence-corrected chi connectivity index (χ4v) is 6.91. The Morgan fingerprint density at radius 1 is 1.16 bits per heavy atom. The summed E-state index contributed by atoms with van der Waals surface area (Å²) < 4.78 is 5.72. The molecular weight excluding hydrogens is 314 g/mol. The van der Waals surface area contributed by atoms with Crippen LogP contribution in [0.1, 0.15) is 65.7 Å². The highest BCUT2D eigenvalue weighted by Crippen LogP contribution is 2.65. The zero-order chi connectivity index (χ0) is 17.8. The lowest BCUT2D eigenvalue weighted by Crippen LogP contribution is -2.51. The summed E-state index contributed by atoms with van der Waals surface area (Å²) in [5, 5.41) is 3.03. The highest BCUT2D eigenvalue weighted by molar-refractivity contribution is 5.88. The van der Waals surface area contributed by atoms with E-state index in [1.807, 2.05) is 6.08 Å². The molecule has 1 amide bonds. The zero-order valence-electron chi connectivity index (χ0n) is 15.8. The van der Waals surface area contributed by atoms with E-state index >= 15 is 0 Å². The summed E-state index contributed by atoms with van der Waals surface area (Å²) in [6, 6.07) is 0. The number of fused-ring (bicyclic) bond motifs is 5. The van der Waals surface area contributed by atoms with Gasteiger partial charge in [0.05, 0.1) is 0 Å². The number of amides is 1. The van der Waals surface area contributed by atoms with E-state index in [1.54, 1.807) is 0 Å². The lowest BCUT2D eigenvalue weighted by Gasteiger charge is -2.56. The molecule has 0 aromatic carbocycles. The number of allylic oxidation sites excluding steroid dienone is 1. The van der Waals surface area contributed by atoms with Gasteiger partial charge in [0.25, 0.3) is 0 Å². The molecule has 0 aromatic rings. The van der Waals surface area contributed by atoms with Crippen molar-refractivity contribution in [3.63, 3.8) is 0 Å². The molecule has 3 saturated carbocycles. The van der Waals surface area contributed by atoms with Crippen molar-refractivity contribution in [2.75, 3.05) is 6.54 Å². The van der Waals surface area contributed by atoms with E-state index in [1.165, 1.54) is 31.8 Å². The van der Waals surface area contributed by atoms with Crippen LogP contribution in [-0.2, 0) is 14.3 Å². The predicted octanol–water partition coefficient (Wildman–Crippen LogP) is 3.61. The Labute approximate surface area is 150 Å². The van der Waals surface area contributed by atoms with Crippen molar-refractivity contribution in [1.29, 1.82) is 0 Å². The number of rotatable bonds is 1. The predicted molar refractivity (Wildman–Crippen MR) is 95.6 cm³/mol. The number of esters is 1. The van der Waals surface area contributed by atoms with Crippen LogP contribution in [0.2, 0.25) is 0 Å². The third-order valence-electron chi connectivity index (χ3n) is 8.21. The van der Waals surface area contributed by atoms with Crippen LogP contribution >= 0.6 is 0 Å². The highest BCUT2D eigenvalue weighted by atomic mass is 16.5. The van der Waals surface area contributed by atoms with Gasteiger partial charge in [0, 0.05) is 25.0 Å². The fraction of sp³-hybridized carbons (Fsp3) is 0.810. The molecule has 4 nitrogen and oxygen atoms in total. The molecule has 138 valence electrons. The van der Waals surface area contributed by atoms with Crippen molar-refractivity contribution >= 4 is 11.9 Å². The van der Waals surface area contributed by atoms with Gasteiger partial charge in [-0.3, -0.25) is 9.59 Å². The van der Waals surface area contributed by atoms with Gasteiger partial charge < -0.3 is 10.1 Å². The van der Waals surface area contributed by atoms with Gasteiger partial charge in [-0.1, -0.05) is 19.4 Å². The summed E-state index contributed by atoms with van der Waals surface area (Å²) in [6.07, 6.45) is 9.82. The second-order valence-electron chi connectivity index (χ2n) is 9.26. The maximum atomic E-state index is 12.0. The van der Waals surface area contributed by atoms with Gasteiger partial charge in [-0.25, -0.2) is 0 Å². The molecule has 3 aliphatic carbocycles. The van der Waals surface area contributed by atoms with Gasteiger partial charge in [0.1, 0.15) is 6.10 Å². The number of ether oxygens (including phenoxy) is 1. The Morgan fingerprint density at radius 3 is 2.72 bits per heavy atom. The standard InChI is InChI=1S/C21H31NO3/c1-13(23)25-18-7-6-16-15-5-4-14-12-19(24)22-11-10-20(14,2)17(15)8-9-21(16,18)3/h12,15-18H,4-11H2,1-3H3,(H,22,24)/t15-,16-,17-,18?,20-,21-/m0/s1. The molecule has 0 radical (unpaired) electrons. The minimum absolute atomic E-state index is 0.0913. The van der Waals surface area contributed by atoms with Gasteiger partial charge in [0.2, 0.25) is 5.91 Å². The van der Waals surface area contributed by atoms with Crippen LogP contribution in [0, 0.1) is 28.6 Å². The highest BCUT2D eigenvalue weighted by Gasteiger charge is 2.59. The van der Waals surface area contributed by atoms with Crippen molar-refractivity contribution in [2.45, 2.75) is 71.8 Å². The second-order valence-corrected chi connectivity index (χ2v) is 9.26. The van der Waals surface area contributed by atoms with Crippen LogP contribution < -0.4 is 5.32 Å². The molecule has 0 saturated heterocycles. The number of nitrogens with one attached hydrogen (secondary N) is 1. The third kappa shape index (κ3) is 2.55. The molecule has 1 N–H and O–H groups in total. The Morgan fingerprint density at radius 2 is 1.96 bits per heavy atom. The molecule has 0 aromatic heterocycles. The molecular formula is C21H31NO3. The second kappa shape index (κ2) is 5.85. The smallest absolute Gasteiger partial charge is 0.302 e. The number of hydrogen-bond donors (Lipinski definition) is 1. The maximum absolute atomic E-state index is 12.0. The minimum Gasteiger partial charge on any atom is -0.462 e. The van der Waals surface area contributed by atoms with Gasteiger partial charge in [-0.05, 0) is 68.1 Å². The van der Waals surface area contributed by atoms with Crippen molar-refractivity contribution in [1.82, 2.24) is 5.32 Å². The first-order valence-electron chi connectivity index (χ1n) is 10.0. The fourth-order valence-electron chi connectivity index (χ4n) is 6.91. The molecule has 1 heterocycles. The van der Waals surface area contributed by atoms with Crippen LogP contribution in [-0.4, -0.2) is 24.5 Å². The number of hydrogen-bond acceptors (Lipinski definition) is 3. The molecule has 1 aliphatic heterocycles. The van der Waals surface area contributed by atoms with E-state index in [0.29, 0.717) is 17.8 Å². The number of carbonyl (C=O) groups excluding carboxylic acids is 2. The molecule has 6 atom stereocenters. The third-order valence-corrected chi connectivity index (χ3v) is 8.21. The summed E-state index contributed by atoms with van der Waals surface area (Å²) in [5.41, 5.74) is 1.67. The summed E-state index contributed by atoms with van der Waals surface area (Å²) in [4.78, 5) is 23.5. The van der Waals surface area contributed by atoms with Crippen LogP contribution in [0.25, 0.3) is 0 Å². The monoisotopic (exact) mass is 345 g/mol. The Balaban J connectivity index is 1.63. The van der Waals surface area contributed by atoms with E-state index in [2.05, 4.69) is 19.2 Å². The molecule has 0 bridgehead atoms. The van der Waals surface area contributed by atoms with E-state index in [0.717, 1.165) is 32.2 Å². The maximum Gasteiger partial charge on any atom is 0.302 e. The summed E-state index contributed by atoms with van der Waals surface area (Å²) in [6.45, 7) is 7.09. The van der Waals surface area contributed by atoms with Gasteiger partial charge in [0.15, 0.2) is 0 Å². The lowest BCUT2D eigenvalue weighted by atomic mass is 9.48. The van der Waals surface area contributed by atoms with Gasteiger partial charge in [-0.2, -0.15) is 0 Å². The minimum atomic E-state index is -0.136. The normalized spacial score (nSPS) is 46.0. The zero-order valence-corrected chi connectivity index (χ0v) is 15.8. The van der Waals surface area contributed by atoms with Crippen LogP contribution in [0.5, 0.6) is 0 Å². The molecule has 4 aliphatic rings. The Bertz CT molecular complexity index is 627. The van der Waals surface area contributed by atoms with E-state index in [9.17, 15) is 9.59 Å². The molecule has 3 fully saturated rings. The quantitative estimate of drug-likeness (QED) is 0.739. The van der Waals surface area contributed by atoms with Crippen molar-refractivity contribution < 1.29 is 14.3 Å². The van der Waals surface area contributed by atoms with Crippen LogP contribution in [0.3, 0.4) is 0 Å². The van der Waals surface area contributed by atoms with Gasteiger partial charge in [-0.15, -0.1) is 0 Å². The average Bonchev–Trinajstić information content (AvgIpc) is 2.77. The van der Waals surface area contributed by atoms with Crippen LogP contribution in [0.15, 0.2) is 11.6 Å². The van der Waals surface area contributed by atoms with Crippen molar-refractivity contribution in [2.24, 2.45) is 28.6 Å². The Hall–Kier alpha value is -1.32. The Kier molecular flexibility index (Phi) is 4.01. The van der Waals surface area contributed by atoms with Gasteiger partial charge >= 0.3 is 5.97 Å². The summed E-state index contributed by atoms with van der Waals surface area (Å²) in [5.74, 6) is 1.97. The molecule has 0 spiro atoms. The van der Waals surface area contributed by atoms with Crippen molar-refractivity contribution in [3.8, 4) is 0 Å². The molecule has 4 heteroatoms. The first-order valence-corrected chi connectivity index (χ1v) is 10.0. The van der Waals surface area contributed by atoms with E-state index < -0.39 is 0 Å². The number of carbonyl (C=O) groups is 2. The molecule has 1 unspecified atom stereocenters. The topological polar surface area (TPSA) is 55.4 Å². The molecule has 25 heavy (non-hydrogen) atoms. The first kappa shape index (κ1) is 17.1. The lowest BCUT2D eigenvalue weighted by molar-refractivity contribution is -0.157. The van der Waals surface area contributed by atoms with Crippen LogP contribution in [0.4, 0.5) is 0 Å². The summed E-state index contributed by atoms with van der Waals surface area (Å²) in [7, 11) is 0. The van der Waals surface area contributed by atoms with E-state index in [-0.39, 0.29) is 28.8 Å². The molecule has 4 rings (SSSR count). The average molecular weight is 345 g/mol. The summed E-state index contributed by atoms with van der Waals surface area (Å²) >= 11 is 0. The van der Waals surface area contributed by atoms with E-state index in [4.69, 9.17) is 4.74 Å². The van der Waals surface area contributed by atoms with Crippen molar-refractivity contribution in [3.05, 3.63) is 11.6 Å². The largest absolute Gasteiger partial charge is 0.462 e.